The van der Waals surface area contributed by atoms with Gasteiger partial charge in [-0.25, -0.2) is 4.79 Å². The molecular weight excluding hydrogens is 354 g/mol. The van der Waals surface area contributed by atoms with E-state index in [2.05, 4.69) is 32.9 Å². The van der Waals surface area contributed by atoms with Gasteiger partial charge in [-0.2, -0.15) is 0 Å². The fourth-order valence-electron chi connectivity index (χ4n) is 5.08. The summed E-state index contributed by atoms with van der Waals surface area (Å²) in [6, 6.07) is 6.92. The van der Waals surface area contributed by atoms with Gasteiger partial charge in [-0.1, -0.05) is 55.4 Å². The largest absolute Gasteiger partial charge is 0.463 e. The molecule has 0 amide bonds. The van der Waals surface area contributed by atoms with Gasteiger partial charge >= 0.3 is 5.97 Å². The van der Waals surface area contributed by atoms with E-state index in [0.717, 1.165) is 11.1 Å². The lowest BCUT2D eigenvalue weighted by Crippen LogP contribution is -2.09. The zero-order valence-electron chi connectivity index (χ0n) is 17.1. The lowest BCUT2D eigenvalue weighted by Gasteiger charge is -2.21. The van der Waals surface area contributed by atoms with Crippen LogP contribution < -0.4 is 0 Å². The molecule has 5 nitrogen and oxygen atoms in total. The maximum absolute atomic E-state index is 11.5. The number of hydrogen-bond acceptors (Lipinski definition) is 4. The number of non-ortho nitro benzene ring substituents is 1. The fraction of sp³-hybridized carbons (Fsp3) is 0.435. The molecule has 1 aromatic carbocycles. The number of benzene rings is 1. The summed E-state index contributed by atoms with van der Waals surface area (Å²) in [5.74, 6) is 0.309. The molecule has 0 N–H and O–H groups in total. The molecule has 0 unspecified atom stereocenters. The Balaban J connectivity index is 1.85. The summed E-state index contributed by atoms with van der Waals surface area (Å²) in [7, 11) is 0. The van der Waals surface area contributed by atoms with Crippen molar-refractivity contribution in [2.45, 2.75) is 40.5 Å². The van der Waals surface area contributed by atoms with Crippen molar-refractivity contribution in [2.75, 3.05) is 6.61 Å². The Morgan fingerprint density at radius 2 is 1.89 bits per heavy atom. The molecule has 1 aromatic rings. The Kier molecular flexibility index (Phi) is 5.04. The zero-order valence-corrected chi connectivity index (χ0v) is 17.1. The van der Waals surface area contributed by atoms with Gasteiger partial charge in [0.05, 0.1) is 11.5 Å². The van der Waals surface area contributed by atoms with Crippen LogP contribution in [-0.4, -0.2) is 17.5 Å². The van der Waals surface area contributed by atoms with Gasteiger partial charge < -0.3 is 4.74 Å². The van der Waals surface area contributed by atoms with Crippen LogP contribution in [0.5, 0.6) is 0 Å². The Morgan fingerprint density at radius 1 is 1.25 bits per heavy atom. The van der Waals surface area contributed by atoms with Crippen molar-refractivity contribution in [3.63, 3.8) is 0 Å². The van der Waals surface area contributed by atoms with Crippen LogP contribution in [0.25, 0.3) is 0 Å². The van der Waals surface area contributed by atoms with E-state index in [0.29, 0.717) is 12.5 Å². The SMILES string of the molecule is CCOC(=O)/C=C/C(C)=C/[C@@]1(C)[C@@H]2[C@@H](c3ccc([N+](=O)[O-])cc3)C(C)=C[C@@]21C. The second-order valence-electron chi connectivity index (χ2n) is 8.23. The number of allylic oxidation sites excluding steroid dienone is 5. The maximum atomic E-state index is 11.5. The van der Waals surface area contributed by atoms with Crippen LogP contribution >= 0.6 is 0 Å². The number of rotatable bonds is 6. The summed E-state index contributed by atoms with van der Waals surface area (Å²) in [6.45, 7) is 10.8. The van der Waals surface area contributed by atoms with E-state index in [1.807, 2.05) is 19.1 Å². The van der Waals surface area contributed by atoms with E-state index in [4.69, 9.17) is 4.74 Å². The van der Waals surface area contributed by atoms with Crippen LogP contribution in [0.2, 0.25) is 0 Å². The van der Waals surface area contributed by atoms with Gasteiger partial charge in [0.1, 0.15) is 0 Å². The van der Waals surface area contributed by atoms with Crippen LogP contribution in [0.4, 0.5) is 5.69 Å². The van der Waals surface area contributed by atoms with Gasteiger partial charge in [0.2, 0.25) is 0 Å². The van der Waals surface area contributed by atoms with Crippen LogP contribution in [0.3, 0.4) is 0 Å². The van der Waals surface area contributed by atoms with Crippen molar-refractivity contribution < 1.29 is 14.5 Å². The number of carbonyl (C=O) groups excluding carboxylic acids is 1. The van der Waals surface area contributed by atoms with Gasteiger partial charge in [-0.05, 0) is 43.1 Å². The molecule has 0 radical (unpaired) electrons. The zero-order chi connectivity index (χ0) is 20.7. The maximum Gasteiger partial charge on any atom is 0.330 e. The van der Waals surface area contributed by atoms with Gasteiger partial charge in [0, 0.05) is 24.1 Å². The summed E-state index contributed by atoms with van der Waals surface area (Å²) in [5.41, 5.74) is 3.59. The molecule has 2 aliphatic rings. The van der Waals surface area contributed by atoms with E-state index in [1.165, 1.54) is 11.6 Å². The average Bonchev–Trinajstić information content (AvgIpc) is 2.92. The van der Waals surface area contributed by atoms with Crippen molar-refractivity contribution in [1.29, 1.82) is 0 Å². The predicted octanol–water partition coefficient (Wildman–Crippen LogP) is 5.35. The number of nitro groups is 1. The van der Waals surface area contributed by atoms with Crippen molar-refractivity contribution in [3.05, 3.63) is 75.4 Å². The standard InChI is InChI=1S/C23H27NO4/c1-6-28-19(25)12-7-15(2)13-22(4)21-20(16(3)14-23(21,22)5)17-8-10-18(11-9-17)24(26)27/h7-14,20-21H,6H2,1-5H3/b12-7+,15-13+/t20-,21+,22+,23+/m1/s1. The van der Waals surface area contributed by atoms with Crippen molar-refractivity contribution in [1.82, 2.24) is 0 Å². The molecule has 0 heterocycles. The Hall–Kier alpha value is -2.69. The number of hydrogen-bond donors (Lipinski definition) is 0. The van der Waals surface area contributed by atoms with Crippen LogP contribution in [0.1, 0.15) is 46.1 Å². The number of carbonyl (C=O) groups is 1. The highest BCUT2D eigenvalue weighted by molar-refractivity contribution is 5.82. The van der Waals surface area contributed by atoms with E-state index in [9.17, 15) is 14.9 Å². The Labute approximate surface area is 165 Å². The van der Waals surface area contributed by atoms with E-state index in [-0.39, 0.29) is 33.3 Å². The highest BCUT2D eigenvalue weighted by atomic mass is 16.6. The monoisotopic (exact) mass is 381 g/mol. The molecule has 0 aromatic heterocycles. The lowest BCUT2D eigenvalue weighted by atomic mass is 9.83. The molecule has 1 saturated carbocycles. The molecule has 2 aliphatic carbocycles. The van der Waals surface area contributed by atoms with E-state index in [1.54, 1.807) is 25.1 Å². The first-order valence-corrected chi connectivity index (χ1v) is 9.62. The molecule has 0 aliphatic heterocycles. The molecule has 0 saturated heterocycles. The normalized spacial score (nSPS) is 31.5. The van der Waals surface area contributed by atoms with Crippen LogP contribution in [0.15, 0.2) is 59.7 Å². The molecule has 148 valence electrons. The molecule has 0 spiro atoms. The van der Waals surface area contributed by atoms with Crippen molar-refractivity contribution in [3.8, 4) is 0 Å². The molecule has 28 heavy (non-hydrogen) atoms. The third-order valence-electron chi connectivity index (χ3n) is 6.48. The summed E-state index contributed by atoms with van der Waals surface area (Å²) < 4.78 is 4.94. The summed E-state index contributed by atoms with van der Waals surface area (Å²) >= 11 is 0. The molecular formula is C23H27NO4. The lowest BCUT2D eigenvalue weighted by molar-refractivity contribution is -0.384. The average molecular weight is 381 g/mol. The van der Waals surface area contributed by atoms with Crippen molar-refractivity contribution in [2.24, 2.45) is 16.7 Å². The third kappa shape index (κ3) is 3.19. The first kappa shape index (κ1) is 20.1. The summed E-state index contributed by atoms with van der Waals surface area (Å²) in [4.78, 5) is 22.1. The molecule has 4 atom stereocenters. The Bertz CT molecular complexity index is 896. The van der Waals surface area contributed by atoms with Crippen LogP contribution in [0, 0.1) is 26.9 Å². The highest BCUT2D eigenvalue weighted by Crippen LogP contribution is 2.79. The number of fused-ring (bicyclic) bond motifs is 1. The summed E-state index contributed by atoms with van der Waals surface area (Å²) in [5, 5.41) is 10.9. The molecule has 0 bridgehead atoms. The molecule has 1 fully saturated rings. The third-order valence-corrected chi connectivity index (χ3v) is 6.48. The number of esters is 1. The van der Waals surface area contributed by atoms with E-state index < -0.39 is 0 Å². The first-order valence-electron chi connectivity index (χ1n) is 9.62. The Morgan fingerprint density at radius 3 is 2.46 bits per heavy atom. The van der Waals surface area contributed by atoms with Crippen LogP contribution in [-0.2, 0) is 9.53 Å². The number of nitro benzene ring substituents is 1. The predicted molar refractivity (Wildman–Crippen MR) is 109 cm³/mol. The minimum atomic E-state index is -0.367. The quantitative estimate of drug-likeness (QED) is 0.166. The minimum absolute atomic E-state index is 0.0258. The second kappa shape index (κ2) is 7.04. The minimum Gasteiger partial charge on any atom is -0.463 e. The highest BCUT2D eigenvalue weighted by Gasteiger charge is 2.73. The number of nitrogens with zero attached hydrogens (tertiary/aromatic N) is 1. The molecule has 3 rings (SSSR count). The van der Waals surface area contributed by atoms with Gasteiger partial charge in [-0.3, -0.25) is 10.1 Å². The van der Waals surface area contributed by atoms with Gasteiger partial charge in [0.15, 0.2) is 0 Å². The molecule has 5 heteroatoms. The van der Waals surface area contributed by atoms with Crippen molar-refractivity contribution >= 4 is 11.7 Å². The summed E-state index contributed by atoms with van der Waals surface area (Å²) in [6.07, 6.45) is 7.86. The second-order valence-corrected chi connectivity index (χ2v) is 8.23. The number of ether oxygens (including phenoxy) is 1. The topological polar surface area (TPSA) is 69.4 Å². The fourth-order valence-corrected chi connectivity index (χ4v) is 5.08. The smallest absolute Gasteiger partial charge is 0.330 e. The van der Waals surface area contributed by atoms with Gasteiger partial charge in [-0.15, -0.1) is 0 Å². The van der Waals surface area contributed by atoms with E-state index >= 15 is 0 Å². The van der Waals surface area contributed by atoms with Gasteiger partial charge in [0.25, 0.3) is 5.69 Å². The first-order chi connectivity index (χ1) is 13.1.